The van der Waals surface area contributed by atoms with Crippen LogP contribution in [-0.2, 0) is 19.1 Å². The van der Waals surface area contributed by atoms with Gasteiger partial charge in [0.25, 0.3) is 0 Å². The van der Waals surface area contributed by atoms with E-state index in [0.717, 1.165) is 38.5 Å². The third-order valence-electron chi connectivity index (χ3n) is 7.19. The maximum atomic E-state index is 12.5. The third-order valence-corrected chi connectivity index (χ3v) is 7.19. The number of aliphatic hydroxyl groups excluding tert-OH is 1. The van der Waals surface area contributed by atoms with Crippen molar-refractivity contribution < 1.29 is 24.2 Å². The number of carbonyl (C=O) groups excluding carboxylic acids is 3. The van der Waals surface area contributed by atoms with Crippen molar-refractivity contribution in [2.45, 2.75) is 174 Å². The number of primary amides is 1. The summed E-state index contributed by atoms with van der Waals surface area (Å²) in [5.41, 5.74) is 5.20. The van der Waals surface area contributed by atoms with Crippen LogP contribution in [0, 0.1) is 0 Å². The molecule has 0 heterocycles. The van der Waals surface area contributed by atoms with Crippen LogP contribution in [0.15, 0.2) is 0 Å². The van der Waals surface area contributed by atoms with Gasteiger partial charge in [-0.2, -0.15) is 0 Å². The standard InChI is InChI=1S/C31H60N2O5/c1-3-5-7-9-11-13-14-16-18-20-22-24-30(36)38-27(25-29(35)33-28(26-34)31(32)37)23-21-19-17-15-12-10-8-6-4-2/h27-28,34H,3-26H2,1-2H3,(H2,32,37)(H,33,35)/t27-,28+/m1/s1. The average molecular weight is 541 g/mol. The van der Waals surface area contributed by atoms with Crippen LogP contribution in [0.1, 0.15) is 162 Å². The van der Waals surface area contributed by atoms with Gasteiger partial charge in [-0.3, -0.25) is 14.4 Å². The second-order valence-electron chi connectivity index (χ2n) is 10.9. The van der Waals surface area contributed by atoms with Gasteiger partial charge >= 0.3 is 5.97 Å². The molecule has 0 saturated carbocycles. The third kappa shape index (κ3) is 23.5. The summed E-state index contributed by atoms with van der Waals surface area (Å²) in [6, 6.07) is -1.12. The second kappa shape index (κ2) is 27.0. The van der Waals surface area contributed by atoms with Crippen LogP contribution >= 0.6 is 0 Å². The van der Waals surface area contributed by atoms with Gasteiger partial charge in [0.15, 0.2) is 0 Å². The molecule has 4 N–H and O–H groups in total. The Morgan fingerprint density at radius 3 is 1.53 bits per heavy atom. The Hall–Kier alpha value is -1.63. The lowest BCUT2D eigenvalue weighted by Gasteiger charge is -2.19. The first-order valence-electron chi connectivity index (χ1n) is 15.8. The van der Waals surface area contributed by atoms with E-state index >= 15 is 0 Å². The molecule has 0 aliphatic rings. The number of nitrogens with two attached hydrogens (primary N) is 1. The molecule has 0 unspecified atom stereocenters. The van der Waals surface area contributed by atoms with Crippen molar-refractivity contribution in [2.75, 3.05) is 6.61 Å². The van der Waals surface area contributed by atoms with Gasteiger partial charge in [0, 0.05) is 6.42 Å². The van der Waals surface area contributed by atoms with Gasteiger partial charge in [0.05, 0.1) is 13.0 Å². The van der Waals surface area contributed by atoms with Crippen LogP contribution in [0.2, 0.25) is 0 Å². The molecule has 0 rings (SSSR count). The highest BCUT2D eigenvalue weighted by Gasteiger charge is 2.22. The molecule has 0 aliphatic heterocycles. The lowest BCUT2D eigenvalue weighted by atomic mass is 10.0. The molecule has 0 fully saturated rings. The summed E-state index contributed by atoms with van der Waals surface area (Å²) in [6.45, 7) is 3.91. The van der Waals surface area contributed by atoms with Gasteiger partial charge in [-0.15, -0.1) is 0 Å². The predicted octanol–water partition coefficient (Wildman–Crippen LogP) is 6.87. The zero-order valence-electron chi connectivity index (χ0n) is 24.8. The van der Waals surface area contributed by atoms with Gasteiger partial charge in [-0.1, -0.05) is 129 Å². The summed E-state index contributed by atoms with van der Waals surface area (Å²) in [7, 11) is 0. The number of esters is 1. The summed E-state index contributed by atoms with van der Waals surface area (Å²) >= 11 is 0. The van der Waals surface area contributed by atoms with Gasteiger partial charge in [0.1, 0.15) is 12.1 Å². The Balaban J connectivity index is 4.28. The SMILES string of the molecule is CCCCCCCCCCCCCC(=O)O[C@H](CCCCCCCCCCC)CC(=O)N[C@@H](CO)C(N)=O. The maximum absolute atomic E-state index is 12.5. The molecule has 0 aromatic carbocycles. The van der Waals surface area contributed by atoms with Crippen molar-refractivity contribution in [3.8, 4) is 0 Å². The van der Waals surface area contributed by atoms with Gasteiger partial charge in [-0.25, -0.2) is 0 Å². The van der Waals surface area contributed by atoms with Crippen LogP contribution in [0.5, 0.6) is 0 Å². The number of carbonyl (C=O) groups is 3. The number of hydrogen-bond donors (Lipinski definition) is 3. The summed E-state index contributed by atoms with van der Waals surface area (Å²) in [6.07, 6.45) is 24.6. The van der Waals surface area contributed by atoms with Crippen LogP contribution < -0.4 is 11.1 Å². The minimum atomic E-state index is -1.12. The van der Waals surface area contributed by atoms with Crippen molar-refractivity contribution >= 4 is 17.8 Å². The van der Waals surface area contributed by atoms with E-state index in [1.54, 1.807) is 0 Å². The van der Waals surface area contributed by atoms with Gasteiger partial charge in [0.2, 0.25) is 11.8 Å². The molecule has 38 heavy (non-hydrogen) atoms. The van der Waals surface area contributed by atoms with Crippen molar-refractivity contribution in [1.82, 2.24) is 5.32 Å². The molecule has 0 radical (unpaired) electrons. The average Bonchev–Trinajstić information content (AvgIpc) is 2.89. The topological polar surface area (TPSA) is 119 Å². The number of unbranched alkanes of at least 4 members (excludes halogenated alkanes) is 18. The van der Waals surface area contributed by atoms with E-state index in [0.29, 0.717) is 12.8 Å². The first kappa shape index (κ1) is 36.4. The molecule has 224 valence electrons. The normalized spacial score (nSPS) is 12.7. The van der Waals surface area contributed by atoms with E-state index in [1.165, 1.54) is 89.9 Å². The van der Waals surface area contributed by atoms with E-state index in [4.69, 9.17) is 10.5 Å². The zero-order chi connectivity index (χ0) is 28.3. The van der Waals surface area contributed by atoms with Crippen LogP contribution in [0.4, 0.5) is 0 Å². The van der Waals surface area contributed by atoms with Gasteiger partial charge < -0.3 is 20.9 Å². The van der Waals surface area contributed by atoms with Crippen molar-refractivity contribution in [3.63, 3.8) is 0 Å². The highest BCUT2D eigenvalue weighted by molar-refractivity contribution is 5.86. The Labute approximate surface area is 233 Å². The first-order chi connectivity index (χ1) is 18.4. The van der Waals surface area contributed by atoms with E-state index in [1.807, 2.05) is 0 Å². The number of amides is 2. The molecule has 7 heteroatoms. The number of rotatable bonds is 28. The molecule has 2 amide bonds. The van der Waals surface area contributed by atoms with E-state index in [2.05, 4.69) is 19.2 Å². The number of aliphatic hydroxyl groups is 1. The molecule has 0 aromatic rings. The molecule has 2 atom stereocenters. The van der Waals surface area contributed by atoms with E-state index < -0.39 is 30.6 Å². The van der Waals surface area contributed by atoms with Crippen LogP contribution in [-0.4, -0.2) is 41.6 Å². The molecule has 0 spiro atoms. The molecule has 0 aliphatic carbocycles. The highest BCUT2D eigenvalue weighted by atomic mass is 16.5. The fraction of sp³-hybridized carbons (Fsp3) is 0.903. The van der Waals surface area contributed by atoms with Crippen molar-refractivity contribution in [3.05, 3.63) is 0 Å². The fourth-order valence-corrected chi connectivity index (χ4v) is 4.73. The smallest absolute Gasteiger partial charge is 0.306 e. The minimum Gasteiger partial charge on any atom is -0.462 e. The first-order valence-corrected chi connectivity index (χ1v) is 15.8. The fourth-order valence-electron chi connectivity index (χ4n) is 4.73. The number of nitrogens with one attached hydrogen (secondary N) is 1. The second-order valence-corrected chi connectivity index (χ2v) is 10.9. The predicted molar refractivity (Wildman–Crippen MR) is 156 cm³/mol. The molecular formula is C31H60N2O5. The molecule has 7 nitrogen and oxygen atoms in total. The Kier molecular flexibility index (Phi) is 25.8. The quantitative estimate of drug-likeness (QED) is 0.0739. The molecule has 0 aromatic heterocycles. The number of hydrogen-bond acceptors (Lipinski definition) is 5. The summed E-state index contributed by atoms with van der Waals surface area (Å²) in [5.74, 6) is -1.49. The summed E-state index contributed by atoms with van der Waals surface area (Å²) < 4.78 is 5.68. The lowest BCUT2D eigenvalue weighted by molar-refractivity contribution is -0.151. The Bertz CT molecular complexity index is 585. The van der Waals surface area contributed by atoms with E-state index in [9.17, 15) is 19.5 Å². The van der Waals surface area contributed by atoms with Crippen molar-refractivity contribution in [1.29, 1.82) is 0 Å². The molecular weight excluding hydrogens is 480 g/mol. The molecule has 0 saturated heterocycles. The van der Waals surface area contributed by atoms with E-state index in [-0.39, 0.29) is 12.4 Å². The molecule has 0 bridgehead atoms. The minimum absolute atomic E-state index is 0.0230. The summed E-state index contributed by atoms with van der Waals surface area (Å²) in [4.78, 5) is 36.2. The zero-order valence-corrected chi connectivity index (χ0v) is 24.8. The van der Waals surface area contributed by atoms with Crippen LogP contribution in [0.3, 0.4) is 0 Å². The Morgan fingerprint density at radius 2 is 1.11 bits per heavy atom. The summed E-state index contributed by atoms with van der Waals surface area (Å²) in [5, 5.41) is 11.7. The van der Waals surface area contributed by atoms with Crippen LogP contribution in [0.25, 0.3) is 0 Å². The highest BCUT2D eigenvalue weighted by Crippen LogP contribution is 2.16. The van der Waals surface area contributed by atoms with Gasteiger partial charge in [-0.05, 0) is 19.3 Å². The van der Waals surface area contributed by atoms with Crippen molar-refractivity contribution in [2.24, 2.45) is 5.73 Å². The monoisotopic (exact) mass is 540 g/mol. The lowest BCUT2D eigenvalue weighted by Crippen LogP contribution is -2.47. The number of ether oxygens (including phenoxy) is 1. The maximum Gasteiger partial charge on any atom is 0.306 e. The Morgan fingerprint density at radius 1 is 0.684 bits per heavy atom. The largest absolute Gasteiger partial charge is 0.462 e.